The zero-order valence-electron chi connectivity index (χ0n) is 19.7. The number of amides is 2. The van der Waals surface area contributed by atoms with E-state index in [1.807, 2.05) is 32.0 Å². The molecule has 182 valence electrons. The first-order valence-corrected chi connectivity index (χ1v) is 12.2. The first-order chi connectivity index (χ1) is 16.9. The molecule has 2 aromatic carbocycles. The number of rotatable bonds is 9. The van der Waals surface area contributed by atoms with Gasteiger partial charge in [0, 0.05) is 29.7 Å². The molecule has 1 fully saturated rings. The molecule has 3 aromatic rings. The van der Waals surface area contributed by atoms with Crippen molar-refractivity contribution in [2.45, 2.75) is 39.7 Å². The van der Waals surface area contributed by atoms with Crippen LogP contribution in [0.5, 0.6) is 5.75 Å². The van der Waals surface area contributed by atoms with Gasteiger partial charge >= 0.3 is 5.97 Å². The summed E-state index contributed by atoms with van der Waals surface area (Å²) in [5, 5.41) is 5.34. The Morgan fingerprint density at radius 1 is 1.14 bits per heavy atom. The smallest absolute Gasteiger partial charge is 0.344 e. The molecule has 9 heteroatoms. The number of carbonyl (C=O) groups excluding carboxylic acids is 3. The first kappa shape index (κ1) is 24.4. The minimum atomic E-state index is -0.522. The van der Waals surface area contributed by atoms with Gasteiger partial charge in [0.15, 0.2) is 6.61 Å². The minimum absolute atomic E-state index is 0.00725. The second-order valence-corrected chi connectivity index (χ2v) is 9.31. The minimum Gasteiger partial charge on any atom is -0.482 e. The van der Waals surface area contributed by atoms with Crippen LogP contribution < -0.4 is 15.0 Å². The Labute approximate surface area is 207 Å². The van der Waals surface area contributed by atoms with Gasteiger partial charge in [0.05, 0.1) is 12.1 Å². The maximum absolute atomic E-state index is 12.4. The highest BCUT2D eigenvalue weighted by Gasteiger charge is 2.21. The number of esters is 1. The molecule has 4 rings (SSSR count). The molecule has 1 saturated heterocycles. The van der Waals surface area contributed by atoms with Crippen LogP contribution in [0.3, 0.4) is 0 Å². The summed E-state index contributed by atoms with van der Waals surface area (Å²) in [6.45, 7) is 4.41. The lowest BCUT2D eigenvalue weighted by Gasteiger charge is -2.16. The maximum atomic E-state index is 12.4. The SMILES string of the molecule is Cc1ccc(C)c(NC(=O)Cc2nc(COC(=O)COc3ccc(N4CCCC4=O)cc3)cs2)c1. The molecule has 35 heavy (non-hydrogen) atoms. The van der Waals surface area contributed by atoms with Crippen molar-refractivity contribution in [3.8, 4) is 5.75 Å². The molecule has 1 aliphatic rings. The van der Waals surface area contributed by atoms with Gasteiger partial charge in [-0.05, 0) is 61.7 Å². The highest BCUT2D eigenvalue weighted by atomic mass is 32.1. The third-order valence-electron chi connectivity index (χ3n) is 5.54. The summed E-state index contributed by atoms with van der Waals surface area (Å²) in [5.41, 5.74) is 4.27. The van der Waals surface area contributed by atoms with Crippen LogP contribution in [0, 0.1) is 13.8 Å². The van der Waals surface area contributed by atoms with Crippen molar-refractivity contribution < 1.29 is 23.9 Å². The van der Waals surface area contributed by atoms with Gasteiger partial charge in [-0.15, -0.1) is 11.3 Å². The zero-order valence-corrected chi connectivity index (χ0v) is 20.5. The van der Waals surface area contributed by atoms with Crippen LogP contribution in [-0.2, 0) is 32.1 Å². The molecule has 0 aliphatic carbocycles. The van der Waals surface area contributed by atoms with Crippen molar-refractivity contribution in [1.82, 2.24) is 4.98 Å². The Bertz CT molecular complexity index is 1220. The Hall–Kier alpha value is -3.72. The quantitative estimate of drug-likeness (QED) is 0.449. The lowest BCUT2D eigenvalue weighted by Crippen LogP contribution is -2.23. The molecule has 0 atom stereocenters. The third kappa shape index (κ3) is 6.66. The van der Waals surface area contributed by atoms with E-state index in [4.69, 9.17) is 9.47 Å². The van der Waals surface area contributed by atoms with E-state index in [1.165, 1.54) is 11.3 Å². The maximum Gasteiger partial charge on any atom is 0.344 e. The predicted octanol–water partition coefficient (Wildman–Crippen LogP) is 4.19. The molecular formula is C26H27N3O5S. The molecule has 8 nitrogen and oxygen atoms in total. The van der Waals surface area contributed by atoms with Gasteiger partial charge < -0.3 is 19.7 Å². The number of carbonyl (C=O) groups is 3. The lowest BCUT2D eigenvalue weighted by atomic mass is 10.1. The normalized spacial score (nSPS) is 13.1. The van der Waals surface area contributed by atoms with Crippen molar-refractivity contribution >= 4 is 40.5 Å². The summed E-state index contributed by atoms with van der Waals surface area (Å²) in [5.74, 6) is -0.0336. The van der Waals surface area contributed by atoms with Crippen LogP contribution in [0.25, 0.3) is 0 Å². The summed E-state index contributed by atoms with van der Waals surface area (Å²) in [4.78, 5) is 42.4. The Morgan fingerprint density at radius 2 is 1.94 bits per heavy atom. The molecule has 2 heterocycles. The van der Waals surface area contributed by atoms with Crippen molar-refractivity contribution in [1.29, 1.82) is 0 Å². The number of hydrogen-bond donors (Lipinski definition) is 1. The lowest BCUT2D eigenvalue weighted by molar-refractivity contribution is -0.147. The molecule has 1 aromatic heterocycles. The Kier molecular flexibility index (Phi) is 7.77. The van der Waals surface area contributed by atoms with Crippen LogP contribution >= 0.6 is 11.3 Å². The van der Waals surface area contributed by atoms with Gasteiger partial charge in [-0.25, -0.2) is 9.78 Å². The van der Waals surface area contributed by atoms with Crippen LogP contribution in [0.2, 0.25) is 0 Å². The molecule has 0 bridgehead atoms. The second-order valence-electron chi connectivity index (χ2n) is 8.37. The molecular weight excluding hydrogens is 466 g/mol. The number of ether oxygens (including phenoxy) is 2. The molecule has 1 aliphatic heterocycles. The highest BCUT2D eigenvalue weighted by Crippen LogP contribution is 2.24. The summed E-state index contributed by atoms with van der Waals surface area (Å²) in [6, 6.07) is 13.0. The van der Waals surface area contributed by atoms with Gasteiger partial charge in [0.2, 0.25) is 11.8 Å². The molecule has 1 N–H and O–H groups in total. The van der Waals surface area contributed by atoms with Crippen molar-refractivity contribution in [2.24, 2.45) is 0 Å². The van der Waals surface area contributed by atoms with Crippen LogP contribution in [-0.4, -0.2) is 35.9 Å². The largest absolute Gasteiger partial charge is 0.482 e. The average Bonchev–Trinajstić information content (AvgIpc) is 3.47. The van der Waals surface area contributed by atoms with E-state index in [9.17, 15) is 14.4 Å². The van der Waals surface area contributed by atoms with Crippen LogP contribution in [0.15, 0.2) is 47.8 Å². The monoisotopic (exact) mass is 493 g/mol. The topological polar surface area (TPSA) is 97.8 Å². The standard InChI is InChI=1S/C26H27N3O5S/c1-17-5-6-18(2)22(12-17)28-23(30)13-24-27-19(16-35-24)14-34-26(32)15-33-21-9-7-20(8-10-21)29-11-3-4-25(29)31/h5-10,12,16H,3-4,11,13-15H2,1-2H3,(H,28,30). The molecule has 0 radical (unpaired) electrons. The van der Waals surface area contributed by atoms with Crippen molar-refractivity contribution in [3.05, 3.63) is 69.7 Å². The van der Waals surface area contributed by atoms with E-state index in [2.05, 4.69) is 10.3 Å². The summed E-state index contributed by atoms with van der Waals surface area (Å²) in [7, 11) is 0. The van der Waals surface area contributed by atoms with Crippen molar-refractivity contribution in [3.63, 3.8) is 0 Å². The fraction of sp³-hybridized carbons (Fsp3) is 0.308. The fourth-order valence-corrected chi connectivity index (χ4v) is 4.46. The Balaban J connectivity index is 1.20. The summed E-state index contributed by atoms with van der Waals surface area (Å²) >= 11 is 1.35. The number of benzene rings is 2. The van der Waals surface area contributed by atoms with Gasteiger partial charge in [0.25, 0.3) is 0 Å². The van der Waals surface area contributed by atoms with E-state index in [1.54, 1.807) is 34.5 Å². The number of nitrogens with one attached hydrogen (secondary N) is 1. The fourth-order valence-electron chi connectivity index (χ4n) is 3.68. The van der Waals surface area contributed by atoms with E-state index < -0.39 is 5.97 Å². The first-order valence-electron chi connectivity index (χ1n) is 11.4. The van der Waals surface area contributed by atoms with E-state index >= 15 is 0 Å². The molecule has 2 amide bonds. The predicted molar refractivity (Wildman–Crippen MR) is 134 cm³/mol. The third-order valence-corrected chi connectivity index (χ3v) is 6.44. The van der Waals surface area contributed by atoms with E-state index in [0.29, 0.717) is 22.9 Å². The summed E-state index contributed by atoms with van der Waals surface area (Å²) < 4.78 is 10.7. The van der Waals surface area contributed by atoms with Gasteiger partial charge in [0.1, 0.15) is 17.4 Å². The Morgan fingerprint density at radius 3 is 2.69 bits per heavy atom. The molecule has 0 saturated carbocycles. The van der Waals surface area contributed by atoms with E-state index in [-0.39, 0.29) is 31.4 Å². The van der Waals surface area contributed by atoms with E-state index in [0.717, 1.165) is 35.5 Å². The van der Waals surface area contributed by atoms with Crippen LogP contribution in [0.4, 0.5) is 11.4 Å². The number of anilines is 2. The number of nitrogens with zero attached hydrogens (tertiary/aromatic N) is 2. The highest BCUT2D eigenvalue weighted by molar-refractivity contribution is 7.09. The van der Waals surface area contributed by atoms with Gasteiger partial charge in [-0.2, -0.15) is 0 Å². The molecule has 0 spiro atoms. The molecule has 0 unspecified atom stereocenters. The second kappa shape index (κ2) is 11.1. The number of thiazole rings is 1. The van der Waals surface area contributed by atoms with Gasteiger partial charge in [-0.1, -0.05) is 12.1 Å². The zero-order chi connectivity index (χ0) is 24.8. The van der Waals surface area contributed by atoms with Gasteiger partial charge in [-0.3, -0.25) is 9.59 Å². The number of hydrogen-bond acceptors (Lipinski definition) is 7. The summed E-state index contributed by atoms with van der Waals surface area (Å²) in [6.07, 6.45) is 1.59. The van der Waals surface area contributed by atoms with Crippen molar-refractivity contribution in [2.75, 3.05) is 23.4 Å². The number of aryl methyl sites for hydroxylation is 2. The number of aromatic nitrogens is 1. The average molecular weight is 494 g/mol. The van der Waals surface area contributed by atoms with Crippen LogP contribution in [0.1, 0.15) is 34.7 Å².